The molecule has 3 aliphatic rings. The van der Waals surface area contributed by atoms with E-state index >= 15 is 0 Å². The van der Waals surface area contributed by atoms with Gasteiger partial charge in [-0.25, -0.2) is 8.78 Å². The SMILES string of the molecule is NC(=O)c1ccc(F)c2c1C[C@H](N(C[C@@H]1CCc3[nH]c4ccc(F)cc4c3C1)C1CCC1)CO2. The molecule has 0 bridgehead atoms. The Morgan fingerprint density at radius 2 is 1.94 bits per heavy atom. The minimum atomic E-state index is -0.554. The van der Waals surface area contributed by atoms with Crippen molar-refractivity contribution < 1.29 is 18.3 Å². The Labute approximate surface area is 197 Å². The molecule has 178 valence electrons. The van der Waals surface area contributed by atoms with Gasteiger partial charge in [-0.3, -0.25) is 9.69 Å². The molecule has 3 N–H and O–H groups in total. The lowest BCUT2D eigenvalue weighted by atomic mass is 9.83. The first-order valence-electron chi connectivity index (χ1n) is 12.3. The maximum Gasteiger partial charge on any atom is 0.249 e. The van der Waals surface area contributed by atoms with Gasteiger partial charge >= 0.3 is 0 Å². The maximum absolute atomic E-state index is 14.4. The van der Waals surface area contributed by atoms with Gasteiger partial charge in [0.05, 0.1) is 0 Å². The Bertz CT molecular complexity index is 1270. The van der Waals surface area contributed by atoms with E-state index in [2.05, 4.69) is 9.88 Å². The molecule has 3 aromatic rings. The van der Waals surface area contributed by atoms with Crippen LogP contribution in [0.1, 0.15) is 52.9 Å². The van der Waals surface area contributed by atoms with Gasteiger partial charge in [-0.1, -0.05) is 6.42 Å². The predicted molar refractivity (Wildman–Crippen MR) is 126 cm³/mol. The Morgan fingerprint density at radius 3 is 2.71 bits per heavy atom. The van der Waals surface area contributed by atoms with Crippen LogP contribution in [0.4, 0.5) is 8.78 Å². The van der Waals surface area contributed by atoms with Crippen LogP contribution in [0.3, 0.4) is 0 Å². The Morgan fingerprint density at radius 1 is 1.09 bits per heavy atom. The summed E-state index contributed by atoms with van der Waals surface area (Å²) in [5, 5.41) is 0.992. The molecule has 0 saturated heterocycles. The second kappa shape index (κ2) is 8.38. The minimum Gasteiger partial charge on any atom is -0.489 e. The fourth-order valence-corrected chi connectivity index (χ4v) is 6.11. The van der Waals surface area contributed by atoms with E-state index in [0.717, 1.165) is 49.6 Å². The van der Waals surface area contributed by atoms with Crippen LogP contribution >= 0.6 is 0 Å². The number of rotatable bonds is 5. The van der Waals surface area contributed by atoms with E-state index in [1.54, 1.807) is 6.07 Å². The predicted octanol–water partition coefficient (Wildman–Crippen LogP) is 4.51. The number of halogens is 2. The van der Waals surface area contributed by atoms with Crippen molar-refractivity contribution in [2.45, 2.75) is 57.0 Å². The van der Waals surface area contributed by atoms with Crippen LogP contribution < -0.4 is 10.5 Å². The molecule has 6 rings (SSSR count). The fourth-order valence-electron chi connectivity index (χ4n) is 6.11. The number of hydrogen-bond donors (Lipinski definition) is 2. The smallest absolute Gasteiger partial charge is 0.249 e. The molecule has 1 saturated carbocycles. The summed E-state index contributed by atoms with van der Waals surface area (Å²) in [6.45, 7) is 1.32. The third-order valence-electron chi connectivity index (χ3n) is 8.07. The Hall–Kier alpha value is -2.93. The van der Waals surface area contributed by atoms with Gasteiger partial charge in [0.25, 0.3) is 0 Å². The number of nitrogens with two attached hydrogens (primary N) is 1. The van der Waals surface area contributed by atoms with Crippen molar-refractivity contribution >= 4 is 16.8 Å². The van der Waals surface area contributed by atoms with Crippen molar-refractivity contribution in [2.75, 3.05) is 13.2 Å². The number of amides is 1. The summed E-state index contributed by atoms with van der Waals surface area (Å²) in [5.41, 5.74) is 9.99. The average molecular weight is 466 g/mol. The van der Waals surface area contributed by atoms with Gasteiger partial charge in [-0.2, -0.15) is 0 Å². The molecule has 1 aliphatic heterocycles. The number of carbonyl (C=O) groups is 1. The molecule has 2 heterocycles. The first kappa shape index (κ1) is 21.6. The maximum atomic E-state index is 14.4. The summed E-state index contributed by atoms with van der Waals surface area (Å²) < 4.78 is 34.2. The van der Waals surface area contributed by atoms with Crippen LogP contribution in [0, 0.1) is 17.6 Å². The monoisotopic (exact) mass is 465 g/mol. The van der Waals surface area contributed by atoms with E-state index in [-0.39, 0.29) is 17.6 Å². The number of aryl methyl sites for hydroxylation is 1. The summed E-state index contributed by atoms with van der Waals surface area (Å²) in [4.78, 5) is 18.0. The highest BCUT2D eigenvalue weighted by Gasteiger charge is 2.37. The molecule has 5 nitrogen and oxygen atoms in total. The van der Waals surface area contributed by atoms with E-state index in [9.17, 15) is 13.6 Å². The fraction of sp³-hybridized carbons (Fsp3) is 0.444. The second-order valence-corrected chi connectivity index (χ2v) is 10.1. The Balaban J connectivity index is 1.26. The number of hydrogen-bond acceptors (Lipinski definition) is 3. The molecular formula is C27H29F2N3O2. The number of ether oxygens (including phenoxy) is 1. The summed E-state index contributed by atoms with van der Waals surface area (Å²) >= 11 is 0. The second-order valence-electron chi connectivity index (χ2n) is 10.1. The number of aromatic amines is 1. The van der Waals surface area contributed by atoms with Crippen molar-refractivity contribution in [1.29, 1.82) is 0 Å². The highest BCUT2D eigenvalue weighted by Crippen LogP contribution is 2.38. The first-order valence-corrected chi connectivity index (χ1v) is 12.3. The molecule has 2 aromatic carbocycles. The normalized spacial score (nSPS) is 22.2. The summed E-state index contributed by atoms with van der Waals surface area (Å²) in [6, 6.07) is 8.24. The molecular weight excluding hydrogens is 436 g/mol. The van der Waals surface area contributed by atoms with Crippen LogP contribution in [0.15, 0.2) is 30.3 Å². The first-order chi connectivity index (χ1) is 16.5. The average Bonchev–Trinajstić information content (AvgIpc) is 3.14. The van der Waals surface area contributed by atoms with Gasteiger partial charge in [-0.05, 0) is 80.3 Å². The highest BCUT2D eigenvalue weighted by molar-refractivity contribution is 5.95. The standard InChI is InChI=1S/C27H29F2N3O2/c28-16-5-9-25-21(11-16)20-10-15(4-8-24(20)31-25)13-32(17-2-1-3-17)18-12-22-19(27(30)33)6-7-23(29)26(22)34-14-18/h5-7,9,11,15,17-18,31H,1-4,8,10,12-14H2,(H2,30,33)/t15-,18+/m1/s1. The van der Waals surface area contributed by atoms with E-state index in [1.165, 1.54) is 35.9 Å². The van der Waals surface area contributed by atoms with Gasteiger partial charge in [0, 0.05) is 46.4 Å². The summed E-state index contributed by atoms with van der Waals surface area (Å²) in [6.07, 6.45) is 6.98. The van der Waals surface area contributed by atoms with Crippen LogP contribution in [0.2, 0.25) is 0 Å². The zero-order valence-electron chi connectivity index (χ0n) is 19.1. The lowest BCUT2D eigenvalue weighted by molar-refractivity contribution is 0.0283. The van der Waals surface area contributed by atoms with Crippen LogP contribution in [-0.2, 0) is 19.3 Å². The van der Waals surface area contributed by atoms with E-state index in [0.29, 0.717) is 36.1 Å². The third-order valence-corrected chi connectivity index (χ3v) is 8.07. The molecule has 2 atom stereocenters. The van der Waals surface area contributed by atoms with Gasteiger partial charge in [-0.15, -0.1) is 0 Å². The zero-order chi connectivity index (χ0) is 23.4. The van der Waals surface area contributed by atoms with Crippen molar-refractivity contribution in [2.24, 2.45) is 11.7 Å². The van der Waals surface area contributed by atoms with E-state index in [4.69, 9.17) is 10.5 Å². The molecule has 0 spiro atoms. The molecule has 2 aliphatic carbocycles. The molecule has 34 heavy (non-hydrogen) atoms. The van der Waals surface area contributed by atoms with Gasteiger partial charge in [0.1, 0.15) is 12.4 Å². The third kappa shape index (κ3) is 3.66. The van der Waals surface area contributed by atoms with Crippen LogP contribution in [0.25, 0.3) is 10.9 Å². The van der Waals surface area contributed by atoms with E-state index < -0.39 is 11.7 Å². The molecule has 0 unspecified atom stereocenters. The highest BCUT2D eigenvalue weighted by atomic mass is 19.1. The molecule has 0 radical (unpaired) electrons. The minimum absolute atomic E-state index is 0.0690. The number of nitrogens with one attached hydrogen (secondary N) is 1. The van der Waals surface area contributed by atoms with Crippen LogP contribution in [0.5, 0.6) is 5.75 Å². The number of primary amides is 1. The van der Waals surface area contributed by atoms with Gasteiger partial charge in [0.15, 0.2) is 11.6 Å². The zero-order valence-corrected chi connectivity index (χ0v) is 19.1. The van der Waals surface area contributed by atoms with Gasteiger partial charge in [0.2, 0.25) is 5.91 Å². The van der Waals surface area contributed by atoms with Crippen molar-refractivity contribution in [3.8, 4) is 5.75 Å². The largest absolute Gasteiger partial charge is 0.489 e. The number of aromatic nitrogens is 1. The lowest BCUT2D eigenvalue weighted by Crippen LogP contribution is -2.53. The number of nitrogens with zero attached hydrogens (tertiary/aromatic N) is 1. The number of carbonyl (C=O) groups excluding carboxylic acids is 1. The summed E-state index contributed by atoms with van der Waals surface area (Å²) in [7, 11) is 0. The molecule has 1 amide bonds. The number of benzene rings is 2. The molecule has 7 heteroatoms. The topological polar surface area (TPSA) is 71.4 Å². The summed E-state index contributed by atoms with van der Waals surface area (Å²) in [5.74, 6) is -0.589. The van der Waals surface area contributed by atoms with Crippen LogP contribution in [-0.4, -0.2) is 41.0 Å². The van der Waals surface area contributed by atoms with Crippen molar-refractivity contribution in [1.82, 2.24) is 9.88 Å². The van der Waals surface area contributed by atoms with Crippen molar-refractivity contribution in [3.05, 3.63) is 64.4 Å². The van der Waals surface area contributed by atoms with Gasteiger partial charge < -0.3 is 15.5 Å². The van der Waals surface area contributed by atoms with Crippen molar-refractivity contribution in [3.63, 3.8) is 0 Å². The van der Waals surface area contributed by atoms with E-state index in [1.807, 2.05) is 6.07 Å². The quantitative estimate of drug-likeness (QED) is 0.583. The number of H-pyrrole nitrogens is 1. The number of fused-ring (bicyclic) bond motifs is 4. The Kier molecular flexibility index (Phi) is 5.32. The lowest BCUT2D eigenvalue weighted by Gasteiger charge is -2.46. The molecule has 1 aromatic heterocycles. The molecule has 1 fully saturated rings.